The minimum Gasteiger partial charge on any atom is -0.495 e. The van der Waals surface area contributed by atoms with Gasteiger partial charge in [0, 0.05) is 11.8 Å². The Balaban J connectivity index is 1.81. The summed E-state index contributed by atoms with van der Waals surface area (Å²) in [6, 6.07) is 19.3. The predicted octanol–water partition coefficient (Wildman–Crippen LogP) is 3.80. The molecule has 0 aliphatic carbocycles. The molecule has 1 aliphatic heterocycles. The van der Waals surface area contributed by atoms with Crippen LogP contribution in [0.1, 0.15) is 11.5 Å². The predicted molar refractivity (Wildman–Crippen MR) is 143 cm³/mol. The first-order chi connectivity index (χ1) is 19.4. The molecule has 4 aromatic rings. The van der Waals surface area contributed by atoms with Crippen molar-refractivity contribution in [1.82, 2.24) is 9.97 Å². The number of benzene rings is 2. The van der Waals surface area contributed by atoms with Crippen molar-refractivity contribution < 1.29 is 28.2 Å². The van der Waals surface area contributed by atoms with Gasteiger partial charge in [-0.1, -0.05) is 30.3 Å². The third-order valence-electron chi connectivity index (χ3n) is 6.44. The standard InChI is InChI=1S/C29H23N5O6/c1-37-20-12-11-17(27-33-26-21(40-27)10-7-13-32-26)14-19(20)34-24(29(36)39-3)23(28(35)38-2)22(18(15-30)25(34)31)16-8-5-4-6-9-16/h4-14,22H,31H2,1-3H3. The molecule has 0 amide bonds. The van der Waals surface area contributed by atoms with Crippen molar-refractivity contribution in [3.8, 4) is 23.3 Å². The van der Waals surface area contributed by atoms with Gasteiger partial charge in [0.1, 0.15) is 17.3 Å². The molecule has 1 aliphatic rings. The fourth-order valence-electron chi connectivity index (χ4n) is 4.65. The summed E-state index contributed by atoms with van der Waals surface area (Å²) >= 11 is 0. The topological polar surface area (TPSA) is 154 Å². The van der Waals surface area contributed by atoms with Crippen LogP contribution in [-0.4, -0.2) is 43.2 Å². The molecule has 0 spiro atoms. The molecule has 0 saturated carbocycles. The van der Waals surface area contributed by atoms with Gasteiger partial charge in [-0.15, -0.1) is 0 Å². The molecule has 1 atom stereocenters. The molecule has 0 bridgehead atoms. The van der Waals surface area contributed by atoms with Gasteiger partial charge >= 0.3 is 11.9 Å². The molecule has 0 fully saturated rings. The number of oxazole rings is 1. The molecular weight excluding hydrogens is 514 g/mol. The Bertz CT molecular complexity index is 1700. The molecule has 5 rings (SSSR count). The third kappa shape index (κ3) is 4.27. The van der Waals surface area contributed by atoms with E-state index in [4.69, 9.17) is 24.4 Å². The van der Waals surface area contributed by atoms with E-state index in [2.05, 4.69) is 16.0 Å². The lowest BCUT2D eigenvalue weighted by Gasteiger charge is -2.36. The number of fused-ring (bicyclic) bond motifs is 1. The fourth-order valence-corrected chi connectivity index (χ4v) is 4.65. The van der Waals surface area contributed by atoms with E-state index < -0.39 is 17.9 Å². The number of esters is 2. The van der Waals surface area contributed by atoms with Crippen LogP contribution in [0.25, 0.3) is 22.7 Å². The molecule has 2 aromatic carbocycles. The number of nitrogens with two attached hydrogens (primary N) is 1. The van der Waals surface area contributed by atoms with Crippen LogP contribution in [-0.2, 0) is 19.1 Å². The van der Waals surface area contributed by atoms with Gasteiger partial charge in [0.15, 0.2) is 11.2 Å². The van der Waals surface area contributed by atoms with E-state index in [9.17, 15) is 14.9 Å². The number of hydrogen-bond acceptors (Lipinski definition) is 11. The zero-order valence-electron chi connectivity index (χ0n) is 21.7. The van der Waals surface area contributed by atoms with Crippen molar-refractivity contribution in [3.63, 3.8) is 0 Å². The summed E-state index contributed by atoms with van der Waals surface area (Å²) in [5.74, 6) is -2.28. The zero-order chi connectivity index (χ0) is 28.4. The number of allylic oxidation sites excluding steroid dienone is 1. The van der Waals surface area contributed by atoms with Crippen molar-refractivity contribution in [2.75, 3.05) is 26.2 Å². The maximum Gasteiger partial charge on any atom is 0.355 e. The number of hydrogen-bond donors (Lipinski definition) is 1. The lowest BCUT2D eigenvalue weighted by Crippen LogP contribution is -2.41. The number of carbonyl (C=O) groups excluding carboxylic acids is 2. The van der Waals surface area contributed by atoms with Crippen LogP contribution in [0.2, 0.25) is 0 Å². The first kappa shape index (κ1) is 26.0. The number of pyridine rings is 1. The van der Waals surface area contributed by atoms with Gasteiger partial charge in [0.25, 0.3) is 0 Å². The largest absolute Gasteiger partial charge is 0.495 e. The van der Waals surface area contributed by atoms with Crippen molar-refractivity contribution in [1.29, 1.82) is 5.26 Å². The average Bonchev–Trinajstić information content (AvgIpc) is 3.44. The van der Waals surface area contributed by atoms with E-state index in [1.165, 1.54) is 26.2 Å². The van der Waals surface area contributed by atoms with Crippen LogP contribution in [0.4, 0.5) is 5.69 Å². The second-order valence-electron chi connectivity index (χ2n) is 8.57. The smallest absolute Gasteiger partial charge is 0.355 e. The van der Waals surface area contributed by atoms with Crippen LogP contribution in [0.15, 0.2) is 93.9 Å². The quantitative estimate of drug-likeness (QED) is 0.357. The first-order valence-electron chi connectivity index (χ1n) is 12.0. The SMILES string of the molecule is COC(=O)C1=C(C(=O)OC)N(c2cc(-c3nc4ncccc4o3)ccc2OC)C(N)=C(C#N)C1c1ccccc1. The molecule has 1 unspecified atom stereocenters. The van der Waals surface area contributed by atoms with E-state index in [0.717, 1.165) is 0 Å². The summed E-state index contributed by atoms with van der Waals surface area (Å²) in [7, 11) is 3.80. The highest BCUT2D eigenvalue weighted by molar-refractivity contribution is 6.06. The summed E-state index contributed by atoms with van der Waals surface area (Å²) in [6.07, 6.45) is 1.60. The highest BCUT2D eigenvalue weighted by atomic mass is 16.5. The Morgan fingerprint density at radius 2 is 1.77 bits per heavy atom. The van der Waals surface area contributed by atoms with Gasteiger partial charge in [-0.05, 0) is 35.9 Å². The van der Waals surface area contributed by atoms with Crippen LogP contribution in [0.5, 0.6) is 5.75 Å². The van der Waals surface area contributed by atoms with Crippen molar-refractivity contribution in [2.45, 2.75) is 5.92 Å². The van der Waals surface area contributed by atoms with Crippen molar-refractivity contribution in [3.05, 3.63) is 95.1 Å². The number of carbonyl (C=O) groups is 2. The number of methoxy groups -OCH3 is 3. The van der Waals surface area contributed by atoms with Crippen LogP contribution < -0.4 is 15.4 Å². The van der Waals surface area contributed by atoms with Gasteiger partial charge in [0.05, 0.1) is 50.2 Å². The Kier molecular flexibility index (Phi) is 6.90. The van der Waals surface area contributed by atoms with Crippen LogP contribution in [0.3, 0.4) is 0 Å². The van der Waals surface area contributed by atoms with E-state index in [1.54, 1.807) is 66.9 Å². The normalized spacial score (nSPS) is 15.2. The molecule has 200 valence electrons. The molecule has 40 heavy (non-hydrogen) atoms. The van der Waals surface area contributed by atoms with Gasteiger partial charge in [0.2, 0.25) is 5.89 Å². The zero-order valence-corrected chi connectivity index (χ0v) is 21.7. The Morgan fingerprint density at radius 3 is 2.42 bits per heavy atom. The first-order valence-corrected chi connectivity index (χ1v) is 12.0. The number of nitriles is 1. The summed E-state index contributed by atoms with van der Waals surface area (Å²) in [4.78, 5) is 36.6. The number of ether oxygens (including phenoxy) is 3. The Hall–Kier alpha value is -5.63. The van der Waals surface area contributed by atoms with E-state index >= 15 is 0 Å². The van der Waals surface area contributed by atoms with Crippen molar-refractivity contribution >= 4 is 28.9 Å². The second-order valence-corrected chi connectivity index (χ2v) is 8.57. The van der Waals surface area contributed by atoms with Crippen LogP contribution in [0, 0.1) is 11.3 Å². The summed E-state index contributed by atoms with van der Waals surface area (Å²) in [6.45, 7) is 0. The maximum atomic E-state index is 13.4. The molecule has 3 heterocycles. The maximum absolute atomic E-state index is 13.4. The molecule has 2 N–H and O–H groups in total. The second kappa shape index (κ2) is 10.6. The molecule has 2 aromatic heterocycles. The molecule has 11 heteroatoms. The van der Waals surface area contributed by atoms with E-state index in [1.807, 2.05) is 0 Å². The molecule has 11 nitrogen and oxygen atoms in total. The highest BCUT2D eigenvalue weighted by Gasteiger charge is 2.43. The van der Waals surface area contributed by atoms with Gasteiger partial charge in [-0.25, -0.2) is 14.6 Å². The molecule has 0 radical (unpaired) electrons. The minimum absolute atomic E-state index is 0.0257. The molecule has 0 saturated heterocycles. The fraction of sp³-hybridized carbons (Fsp3) is 0.138. The minimum atomic E-state index is -0.999. The molecular formula is C29H23N5O6. The van der Waals surface area contributed by atoms with E-state index in [-0.39, 0.29) is 40.0 Å². The average molecular weight is 538 g/mol. The Morgan fingerprint density at radius 1 is 1.02 bits per heavy atom. The lowest BCUT2D eigenvalue weighted by atomic mass is 9.81. The van der Waals surface area contributed by atoms with Gasteiger partial charge < -0.3 is 24.4 Å². The third-order valence-corrected chi connectivity index (χ3v) is 6.44. The van der Waals surface area contributed by atoms with Crippen LogP contribution >= 0.6 is 0 Å². The lowest BCUT2D eigenvalue weighted by molar-refractivity contribution is -0.139. The highest BCUT2D eigenvalue weighted by Crippen LogP contribution is 2.46. The summed E-state index contributed by atoms with van der Waals surface area (Å²) in [5, 5.41) is 10.3. The number of nitrogens with zero attached hydrogens (tertiary/aromatic N) is 4. The monoisotopic (exact) mass is 537 g/mol. The van der Waals surface area contributed by atoms with E-state index in [0.29, 0.717) is 22.4 Å². The number of aromatic nitrogens is 2. The van der Waals surface area contributed by atoms with Gasteiger partial charge in [-0.2, -0.15) is 10.2 Å². The summed E-state index contributed by atoms with van der Waals surface area (Å²) in [5.41, 5.74) is 8.49. The number of rotatable bonds is 6. The Labute approximate surface area is 228 Å². The van der Waals surface area contributed by atoms with Gasteiger partial charge in [-0.3, -0.25) is 4.90 Å². The summed E-state index contributed by atoms with van der Waals surface area (Å²) < 4.78 is 21.7. The number of anilines is 1. The van der Waals surface area contributed by atoms with Crippen molar-refractivity contribution in [2.24, 2.45) is 5.73 Å².